The van der Waals surface area contributed by atoms with E-state index in [9.17, 15) is 8.78 Å². The van der Waals surface area contributed by atoms with E-state index in [1.54, 1.807) is 6.07 Å². The Bertz CT molecular complexity index is 339. The lowest BCUT2D eigenvalue weighted by Crippen LogP contribution is -2.25. The molecular weight excluding hydrogens is 208 g/mol. The number of nitrogens with two attached hydrogens (primary N) is 1. The van der Waals surface area contributed by atoms with E-state index in [2.05, 4.69) is 13.8 Å². The minimum Gasteiger partial charge on any atom is -0.327 e. The van der Waals surface area contributed by atoms with Crippen LogP contribution in [0.15, 0.2) is 18.2 Å². The van der Waals surface area contributed by atoms with Crippen LogP contribution in [0.5, 0.6) is 0 Å². The van der Waals surface area contributed by atoms with Gasteiger partial charge in [-0.05, 0) is 30.4 Å². The molecule has 0 aromatic heterocycles. The zero-order valence-electron chi connectivity index (χ0n) is 9.84. The SMILES string of the molecule is CCC(C)CC(N)Cc1cccc(F)c1F. The summed E-state index contributed by atoms with van der Waals surface area (Å²) < 4.78 is 26.3. The predicted octanol–water partition coefficient (Wildman–Crippen LogP) is 3.27. The Morgan fingerprint density at radius 3 is 2.62 bits per heavy atom. The molecule has 0 amide bonds. The molecule has 0 aliphatic heterocycles. The number of rotatable bonds is 5. The number of hydrogen-bond donors (Lipinski definition) is 1. The van der Waals surface area contributed by atoms with Crippen LogP contribution in [0.4, 0.5) is 8.78 Å². The van der Waals surface area contributed by atoms with Crippen molar-refractivity contribution in [2.75, 3.05) is 0 Å². The molecule has 0 fully saturated rings. The summed E-state index contributed by atoms with van der Waals surface area (Å²) in [5.74, 6) is -1.04. The van der Waals surface area contributed by atoms with Crippen molar-refractivity contribution >= 4 is 0 Å². The predicted molar refractivity (Wildman–Crippen MR) is 62.1 cm³/mol. The maximum atomic E-state index is 13.4. The highest BCUT2D eigenvalue weighted by molar-refractivity contribution is 5.19. The molecule has 1 aromatic rings. The standard InChI is InChI=1S/C13H19F2N/c1-3-9(2)7-11(16)8-10-5-4-6-12(14)13(10)15/h4-6,9,11H,3,7-8,16H2,1-2H3. The Morgan fingerprint density at radius 1 is 1.31 bits per heavy atom. The van der Waals surface area contributed by atoms with Gasteiger partial charge < -0.3 is 5.73 Å². The zero-order chi connectivity index (χ0) is 12.1. The van der Waals surface area contributed by atoms with Gasteiger partial charge in [0.25, 0.3) is 0 Å². The normalized spacial score (nSPS) is 14.8. The first-order valence-electron chi connectivity index (χ1n) is 5.73. The fourth-order valence-corrected chi connectivity index (χ4v) is 1.76. The zero-order valence-corrected chi connectivity index (χ0v) is 9.84. The molecular formula is C13H19F2N. The maximum Gasteiger partial charge on any atom is 0.162 e. The highest BCUT2D eigenvalue weighted by Gasteiger charge is 2.13. The van der Waals surface area contributed by atoms with Gasteiger partial charge >= 0.3 is 0 Å². The van der Waals surface area contributed by atoms with E-state index in [1.807, 2.05) is 0 Å². The third kappa shape index (κ3) is 3.56. The van der Waals surface area contributed by atoms with Gasteiger partial charge in [-0.1, -0.05) is 32.4 Å². The molecule has 0 spiro atoms. The van der Waals surface area contributed by atoms with E-state index in [0.29, 0.717) is 17.9 Å². The highest BCUT2D eigenvalue weighted by Crippen LogP contribution is 2.16. The third-order valence-corrected chi connectivity index (χ3v) is 2.92. The van der Waals surface area contributed by atoms with Crippen LogP contribution in [0.25, 0.3) is 0 Å². The monoisotopic (exact) mass is 227 g/mol. The summed E-state index contributed by atoms with van der Waals surface area (Å²) in [6, 6.07) is 4.13. The molecule has 2 atom stereocenters. The summed E-state index contributed by atoms with van der Waals surface area (Å²) in [5, 5.41) is 0. The van der Waals surface area contributed by atoms with Crippen molar-refractivity contribution in [3.63, 3.8) is 0 Å². The molecule has 3 heteroatoms. The van der Waals surface area contributed by atoms with E-state index in [4.69, 9.17) is 5.73 Å². The van der Waals surface area contributed by atoms with Crippen LogP contribution in [0, 0.1) is 17.6 Å². The fraction of sp³-hybridized carbons (Fsp3) is 0.538. The van der Waals surface area contributed by atoms with Gasteiger partial charge in [0.2, 0.25) is 0 Å². The van der Waals surface area contributed by atoms with Crippen LogP contribution in [-0.4, -0.2) is 6.04 Å². The minimum absolute atomic E-state index is 0.105. The van der Waals surface area contributed by atoms with Crippen molar-refractivity contribution in [1.29, 1.82) is 0 Å². The van der Waals surface area contributed by atoms with Gasteiger partial charge in [-0.25, -0.2) is 8.78 Å². The molecule has 2 N–H and O–H groups in total. The Morgan fingerprint density at radius 2 is 2.00 bits per heavy atom. The summed E-state index contributed by atoms with van der Waals surface area (Å²) in [6.07, 6.45) is 2.29. The minimum atomic E-state index is -0.798. The second kappa shape index (κ2) is 5.94. The Labute approximate surface area is 95.7 Å². The average molecular weight is 227 g/mol. The van der Waals surface area contributed by atoms with Gasteiger partial charge in [0.15, 0.2) is 11.6 Å². The average Bonchev–Trinajstić information content (AvgIpc) is 2.24. The van der Waals surface area contributed by atoms with Crippen molar-refractivity contribution in [1.82, 2.24) is 0 Å². The van der Waals surface area contributed by atoms with Crippen molar-refractivity contribution in [3.05, 3.63) is 35.4 Å². The van der Waals surface area contributed by atoms with E-state index in [1.165, 1.54) is 6.07 Å². The molecule has 16 heavy (non-hydrogen) atoms. The molecule has 0 radical (unpaired) electrons. The third-order valence-electron chi connectivity index (χ3n) is 2.92. The summed E-state index contributed by atoms with van der Waals surface area (Å²) in [7, 11) is 0. The van der Waals surface area contributed by atoms with Crippen LogP contribution in [-0.2, 0) is 6.42 Å². The topological polar surface area (TPSA) is 26.0 Å². The number of hydrogen-bond acceptors (Lipinski definition) is 1. The molecule has 0 aliphatic rings. The Hall–Kier alpha value is -0.960. The largest absolute Gasteiger partial charge is 0.327 e. The van der Waals surface area contributed by atoms with Gasteiger partial charge in [0.1, 0.15) is 0 Å². The molecule has 0 bridgehead atoms. The summed E-state index contributed by atoms with van der Waals surface area (Å²) in [6.45, 7) is 4.21. The van der Waals surface area contributed by atoms with Crippen LogP contribution < -0.4 is 5.73 Å². The molecule has 0 heterocycles. The van der Waals surface area contributed by atoms with Crippen LogP contribution in [0.3, 0.4) is 0 Å². The number of halogens is 2. The second-order valence-corrected chi connectivity index (χ2v) is 4.43. The van der Waals surface area contributed by atoms with Crippen molar-refractivity contribution in [3.8, 4) is 0 Å². The lowest BCUT2D eigenvalue weighted by molar-refractivity contribution is 0.439. The van der Waals surface area contributed by atoms with Crippen LogP contribution >= 0.6 is 0 Å². The highest BCUT2D eigenvalue weighted by atomic mass is 19.2. The van der Waals surface area contributed by atoms with Crippen molar-refractivity contribution < 1.29 is 8.78 Å². The Balaban J connectivity index is 2.62. The quantitative estimate of drug-likeness (QED) is 0.820. The van der Waals surface area contributed by atoms with Gasteiger partial charge in [-0.15, -0.1) is 0 Å². The van der Waals surface area contributed by atoms with E-state index >= 15 is 0 Å². The van der Waals surface area contributed by atoms with Gasteiger partial charge in [-0.3, -0.25) is 0 Å². The second-order valence-electron chi connectivity index (χ2n) is 4.43. The fourth-order valence-electron chi connectivity index (χ4n) is 1.76. The van der Waals surface area contributed by atoms with Crippen molar-refractivity contribution in [2.24, 2.45) is 11.7 Å². The number of benzene rings is 1. The first-order chi connectivity index (χ1) is 7.54. The van der Waals surface area contributed by atoms with Crippen molar-refractivity contribution in [2.45, 2.75) is 39.2 Å². The van der Waals surface area contributed by atoms with E-state index in [0.717, 1.165) is 18.9 Å². The van der Waals surface area contributed by atoms with Gasteiger partial charge in [0.05, 0.1) is 0 Å². The molecule has 0 aliphatic carbocycles. The van der Waals surface area contributed by atoms with Gasteiger partial charge in [-0.2, -0.15) is 0 Å². The lowest BCUT2D eigenvalue weighted by atomic mass is 9.95. The van der Waals surface area contributed by atoms with Crippen LogP contribution in [0.2, 0.25) is 0 Å². The summed E-state index contributed by atoms with van der Waals surface area (Å²) in [4.78, 5) is 0. The maximum absolute atomic E-state index is 13.4. The van der Waals surface area contributed by atoms with E-state index in [-0.39, 0.29) is 6.04 Å². The lowest BCUT2D eigenvalue weighted by Gasteiger charge is -2.16. The van der Waals surface area contributed by atoms with Crippen LogP contribution in [0.1, 0.15) is 32.3 Å². The molecule has 1 nitrogen and oxygen atoms in total. The molecule has 90 valence electrons. The molecule has 1 aromatic carbocycles. The Kier molecular flexibility index (Phi) is 4.87. The smallest absolute Gasteiger partial charge is 0.162 e. The molecule has 2 unspecified atom stereocenters. The first kappa shape index (κ1) is 13.1. The first-order valence-corrected chi connectivity index (χ1v) is 5.73. The summed E-state index contributed by atoms with van der Waals surface area (Å²) >= 11 is 0. The molecule has 0 saturated carbocycles. The van der Waals surface area contributed by atoms with Gasteiger partial charge in [0, 0.05) is 6.04 Å². The van der Waals surface area contributed by atoms with E-state index < -0.39 is 11.6 Å². The summed E-state index contributed by atoms with van der Waals surface area (Å²) in [5.41, 5.74) is 6.28. The molecule has 0 saturated heterocycles. The molecule has 1 rings (SSSR count).